The van der Waals surface area contributed by atoms with Crippen LogP contribution in [-0.4, -0.2) is 33.4 Å². The fraction of sp³-hybridized carbons (Fsp3) is 0.667. The third kappa shape index (κ3) is 1.48. The van der Waals surface area contributed by atoms with Crippen LogP contribution in [0.3, 0.4) is 0 Å². The zero-order chi connectivity index (χ0) is 12.9. The molecular formula is C12H19N5O. The van der Waals surface area contributed by atoms with Gasteiger partial charge in [-0.15, -0.1) is 0 Å². The molecule has 1 aromatic heterocycles. The van der Waals surface area contributed by atoms with Crippen LogP contribution in [-0.2, 0) is 7.05 Å². The molecule has 6 heteroatoms. The molecule has 2 unspecified atom stereocenters. The molecule has 1 aliphatic heterocycles. The van der Waals surface area contributed by atoms with Crippen LogP contribution in [0.25, 0.3) is 0 Å². The van der Waals surface area contributed by atoms with Gasteiger partial charge in [-0.05, 0) is 32.1 Å². The molecule has 3 rings (SSSR count). The molecule has 2 heterocycles. The minimum absolute atomic E-state index is 0.151. The van der Waals surface area contributed by atoms with Gasteiger partial charge in [0.2, 0.25) is 0 Å². The van der Waals surface area contributed by atoms with Crippen LogP contribution >= 0.6 is 0 Å². The molecular weight excluding hydrogens is 230 g/mol. The van der Waals surface area contributed by atoms with Gasteiger partial charge in [0.1, 0.15) is 5.82 Å². The number of nitrogens with two attached hydrogens (primary N) is 1. The molecule has 6 nitrogen and oxygen atoms in total. The lowest BCUT2D eigenvalue weighted by atomic mass is 10.1. The average Bonchev–Trinajstić information content (AvgIpc) is 3.01. The molecule has 18 heavy (non-hydrogen) atoms. The summed E-state index contributed by atoms with van der Waals surface area (Å²) < 4.78 is 1.85. The number of fused-ring (bicyclic) bond motifs is 2. The summed E-state index contributed by atoms with van der Waals surface area (Å²) in [6, 6.07) is 0.593. The van der Waals surface area contributed by atoms with Crippen molar-refractivity contribution >= 4 is 11.7 Å². The minimum atomic E-state index is 0.151. The molecule has 0 amide bonds. The van der Waals surface area contributed by atoms with E-state index in [0.29, 0.717) is 6.04 Å². The Morgan fingerprint density at radius 1 is 1.50 bits per heavy atom. The second kappa shape index (κ2) is 3.90. The topological polar surface area (TPSA) is 79.7 Å². The summed E-state index contributed by atoms with van der Waals surface area (Å²) in [6.45, 7) is 2.96. The Labute approximate surface area is 106 Å². The van der Waals surface area contributed by atoms with E-state index < -0.39 is 0 Å². The van der Waals surface area contributed by atoms with Crippen LogP contribution in [0, 0.1) is 12.8 Å². The molecule has 0 radical (unpaired) electrons. The van der Waals surface area contributed by atoms with Crippen LogP contribution in [0.5, 0.6) is 0 Å². The van der Waals surface area contributed by atoms with Crippen molar-refractivity contribution < 1.29 is 5.21 Å². The van der Waals surface area contributed by atoms with Crippen molar-refractivity contribution in [3.05, 3.63) is 11.3 Å². The number of hydrogen-bond donors (Lipinski definition) is 2. The van der Waals surface area contributed by atoms with E-state index in [2.05, 4.69) is 15.2 Å². The Morgan fingerprint density at radius 3 is 2.83 bits per heavy atom. The van der Waals surface area contributed by atoms with E-state index in [1.807, 2.05) is 18.7 Å². The average molecular weight is 249 g/mol. The van der Waals surface area contributed by atoms with Gasteiger partial charge >= 0.3 is 0 Å². The molecule has 1 aromatic rings. The normalized spacial score (nSPS) is 27.2. The van der Waals surface area contributed by atoms with Crippen LogP contribution in [0.15, 0.2) is 5.16 Å². The predicted molar refractivity (Wildman–Crippen MR) is 68.9 cm³/mol. The maximum atomic E-state index is 8.93. The smallest absolute Gasteiger partial charge is 0.175 e. The number of aromatic nitrogens is 2. The van der Waals surface area contributed by atoms with E-state index >= 15 is 0 Å². The zero-order valence-corrected chi connectivity index (χ0v) is 10.8. The van der Waals surface area contributed by atoms with E-state index in [4.69, 9.17) is 10.9 Å². The number of rotatable bonds is 2. The summed E-state index contributed by atoms with van der Waals surface area (Å²) in [4.78, 5) is 2.38. The number of aryl methyl sites for hydroxylation is 2. The van der Waals surface area contributed by atoms with Gasteiger partial charge in [-0.1, -0.05) is 5.16 Å². The third-order valence-electron chi connectivity index (χ3n) is 4.24. The van der Waals surface area contributed by atoms with E-state index in [1.165, 1.54) is 19.3 Å². The predicted octanol–water partition coefficient (Wildman–Crippen LogP) is 0.812. The van der Waals surface area contributed by atoms with Crippen LogP contribution in [0.2, 0.25) is 0 Å². The Kier molecular flexibility index (Phi) is 2.46. The van der Waals surface area contributed by atoms with Gasteiger partial charge in [-0.3, -0.25) is 4.68 Å². The van der Waals surface area contributed by atoms with Gasteiger partial charge in [-0.25, -0.2) is 0 Å². The molecule has 3 N–H and O–H groups in total. The number of oxime groups is 1. The van der Waals surface area contributed by atoms with E-state index in [0.717, 1.165) is 29.5 Å². The van der Waals surface area contributed by atoms with Crippen molar-refractivity contribution in [2.75, 3.05) is 11.4 Å². The zero-order valence-electron chi connectivity index (χ0n) is 10.8. The van der Waals surface area contributed by atoms with Crippen molar-refractivity contribution in [3.8, 4) is 0 Å². The van der Waals surface area contributed by atoms with Crippen molar-refractivity contribution in [2.24, 2.45) is 23.9 Å². The summed E-state index contributed by atoms with van der Waals surface area (Å²) in [6.07, 6.45) is 3.83. The van der Waals surface area contributed by atoms with Gasteiger partial charge in [0.05, 0.1) is 11.3 Å². The maximum Gasteiger partial charge on any atom is 0.175 e. The molecule has 2 fully saturated rings. The standard InChI is InChI=1S/C12H19N5O/c1-7-10(11(13)15-18)12(16(2)14-7)17-6-8-3-4-9(17)5-8/h8-9,18H,3-6H2,1-2H3,(H2,13,15). The fourth-order valence-corrected chi connectivity index (χ4v) is 3.51. The van der Waals surface area contributed by atoms with Gasteiger partial charge in [0.15, 0.2) is 5.84 Å². The number of hydrogen-bond acceptors (Lipinski definition) is 4. The van der Waals surface area contributed by atoms with Gasteiger partial charge < -0.3 is 15.8 Å². The summed E-state index contributed by atoms with van der Waals surface area (Å²) in [5.74, 6) is 1.94. The number of amidine groups is 1. The Balaban J connectivity index is 2.06. The fourth-order valence-electron chi connectivity index (χ4n) is 3.51. The summed E-state index contributed by atoms with van der Waals surface area (Å²) in [7, 11) is 1.92. The van der Waals surface area contributed by atoms with Gasteiger partial charge in [-0.2, -0.15) is 5.10 Å². The number of anilines is 1. The van der Waals surface area contributed by atoms with E-state index in [-0.39, 0.29) is 5.84 Å². The molecule has 0 aromatic carbocycles. The number of piperidine rings is 1. The van der Waals surface area contributed by atoms with Crippen LogP contribution in [0.4, 0.5) is 5.82 Å². The molecule has 1 saturated carbocycles. The summed E-state index contributed by atoms with van der Waals surface area (Å²) in [5.41, 5.74) is 7.38. The lowest BCUT2D eigenvalue weighted by Crippen LogP contribution is -2.35. The van der Waals surface area contributed by atoms with Crippen molar-refractivity contribution in [3.63, 3.8) is 0 Å². The quantitative estimate of drug-likeness (QED) is 0.352. The highest BCUT2D eigenvalue weighted by Gasteiger charge is 2.40. The Morgan fingerprint density at radius 2 is 2.28 bits per heavy atom. The SMILES string of the molecule is Cc1nn(C)c(N2CC3CCC2C3)c1C(N)=NO. The molecule has 2 bridgehead atoms. The van der Waals surface area contributed by atoms with Crippen LogP contribution < -0.4 is 10.6 Å². The molecule has 1 saturated heterocycles. The third-order valence-corrected chi connectivity index (χ3v) is 4.24. The lowest BCUT2D eigenvalue weighted by Gasteiger charge is -2.29. The first-order valence-electron chi connectivity index (χ1n) is 6.40. The molecule has 98 valence electrons. The largest absolute Gasteiger partial charge is 0.409 e. The number of nitrogens with zero attached hydrogens (tertiary/aromatic N) is 4. The second-order valence-electron chi connectivity index (χ2n) is 5.38. The van der Waals surface area contributed by atoms with E-state index in [9.17, 15) is 0 Å². The highest BCUT2D eigenvalue weighted by Crippen LogP contribution is 2.41. The first kappa shape index (κ1) is 11.4. The summed E-state index contributed by atoms with van der Waals surface area (Å²) in [5, 5.41) is 16.5. The van der Waals surface area contributed by atoms with Gasteiger partial charge in [0, 0.05) is 19.6 Å². The Hall–Kier alpha value is -1.72. The first-order valence-corrected chi connectivity index (χ1v) is 6.40. The molecule has 2 atom stereocenters. The maximum absolute atomic E-state index is 8.93. The van der Waals surface area contributed by atoms with E-state index in [1.54, 1.807) is 0 Å². The first-order chi connectivity index (χ1) is 8.61. The molecule has 1 aliphatic carbocycles. The minimum Gasteiger partial charge on any atom is -0.409 e. The highest BCUT2D eigenvalue weighted by atomic mass is 16.4. The summed E-state index contributed by atoms with van der Waals surface area (Å²) >= 11 is 0. The Bertz CT molecular complexity index is 507. The molecule has 2 aliphatic rings. The lowest BCUT2D eigenvalue weighted by molar-refractivity contribution is 0.318. The van der Waals surface area contributed by atoms with Crippen LogP contribution in [0.1, 0.15) is 30.5 Å². The molecule has 0 spiro atoms. The van der Waals surface area contributed by atoms with Crippen molar-refractivity contribution in [1.82, 2.24) is 9.78 Å². The second-order valence-corrected chi connectivity index (χ2v) is 5.38. The van der Waals surface area contributed by atoms with Gasteiger partial charge in [0.25, 0.3) is 0 Å². The van der Waals surface area contributed by atoms with Crippen molar-refractivity contribution in [2.45, 2.75) is 32.2 Å². The highest BCUT2D eigenvalue weighted by molar-refractivity contribution is 6.02. The monoisotopic (exact) mass is 249 g/mol. The van der Waals surface area contributed by atoms with Crippen molar-refractivity contribution in [1.29, 1.82) is 0 Å².